The quantitative estimate of drug-likeness (QED) is 0.897. The van der Waals surface area contributed by atoms with E-state index in [-0.39, 0.29) is 5.41 Å². The lowest BCUT2D eigenvalue weighted by Crippen LogP contribution is -2.61. The van der Waals surface area contributed by atoms with Gasteiger partial charge in [-0.15, -0.1) is 0 Å². The lowest BCUT2D eigenvalue weighted by Gasteiger charge is -2.46. The first-order valence-electron chi connectivity index (χ1n) is 7.84. The number of nitrogens with zero attached hydrogens (tertiary/aromatic N) is 2. The summed E-state index contributed by atoms with van der Waals surface area (Å²) in [6.07, 6.45) is 3.83. The first kappa shape index (κ1) is 16.9. The van der Waals surface area contributed by atoms with Crippen LogP contribution in [0.4, 0.5) is 0 Å². The molecule has 21 heavy (non-hydrogen) atoms. The van der Waals surface area contributed by atoms with E-state index >= 15 is 0 Å². The molecule has 2 rings (SSSR count). The average molecular weight is 354 g/mol. The topological polar surface area (TPSA) is 28.2 Å². The molecule has 0 saturated carbocycles. The summed E-state index contributed by atoms with van der Waals surface area (Å²) in [5, 5.41) is 3.75. The summed E-state index contributed by atoms with van der Waals surface area (Å²) >= 11 is 3.52. The Labute approximate surface area is 137 Å². The van der Waals surface area contributed by atoms with Gasteiger partial charge in [-0.2, -0.15) is 0 Å². The molecule has 4 heteroatoms. The van der Waals surface area contributed by atoms with Gasteiger partial charge in [0, 0.05) is 48.6 Å². The molecular formula is C17H28BrN3. The minimum Gasteiger partial charge on any atom is -0.311 e. The number of rotatable bonds is 3. The number of aromatic nitrogens is 1. The highest BCUT2D eigenvalue weighted by atomic mass is 79.9. The summed E-state index contributed by atoms with van der Waals surface area (Å²) in [7, 11) is 0. The molecule has 2 unspecified atom stereocenters. The fourth-order valence-electron chi connectivity index (χ4n) is 3.02. The zero-order valence-corrected chi connectivity index (χ0v) is 15.4. The SMILES string of the molecule is CC(C)C1CNC(C(C)(C)C)CN1Cc1cncc(Br)c1. The molecule has 0 spiro atoms. The van der Waals surface area contributed by atoms with Crippen molar-refractivity contribution in [1.29, 1.82) is 0 Å². The van der Waals surface area contributed by atoms with Crippen LogP contribution in [0, 0.1) is 11.3 Å². The molecule has 2 heterocycles. The molecule has 1 N–H and O–H groups in total. The minimum atomic E-state index is 0.287. The Morgan fingerprint density at radius 3 is 2.67 bits per heavy atom. The van der Waals surface area contributed by atoms with Crippen LogP contribution < -0.4 is 5.32 Å². The molecule has 1 aliphatic rings. The molecule has 3 nitrogen and oxygen atoms in total. The van der Waals surface area contributed by atoms with Crippen molar-refractivity contribution < 1.29 is 0 Å². The number of hydrogen-bond acceptors (Lipinski definition) is 3. The van der Waals surface area contributed by atoms with Gasteiger partial charge in [0.2, 0.25) is 0 Å². The van der Waals surface area contributed by atoms with Crippen molar-refractivity contribution in [1.82, 2.24) is 15.2 Å². The third-order valence-electron chi connectivity index (χ3n) is 4.42. The van der Waals surface area contributed by atoms with Crippen molar-refractivity contribution in [3.05, 3.63) is 28.5 Å². The summed E-state index contributed by atoms with van der Waals surface area (Å²) in [6.45, 7) is 14.7. The number of pyridine rings is 1. The average Bonchev–Trinajstić information content (AvgIpc) is 2.37. The minimum absolute atomic E-state index is 0.287. The fraction of sp³-hybridized carbons (Fsp3) is 0.706. The fourth-order valence-corrected chi connectivity index (χ4v) is 3.43. The molecule has 2 atom stereocenters. The molecule has 1 fully saturated rings. The van der Waals surface area contributed by atoms with E-state index in [1.807, 2.05) is 12.4 Å². The van der Waals surface area contributed by atoms with E-state index in [1.54, 1.807) is 0 Å². The molecule has 1 aromatic heterocycles. The van der Waals surface area contributed by atoms with Crippen LogP contribution >= 0.6 is 15.9 Å². The number of halogens is 1. The zero-order chi connectivity index (χ0) is 15.6. The summed E-state index contributed by atoms with van der Waals surface area (Å²) in [6, 6.07) is 3.30. The van der Waals surface area contributed by atoms with Gasteiger partial charge in [0.15, 0.2) is 0 Å². The Kier molecular flexibility index (Phi) is 5.44. The second-order valence-corrected chi connectivity index (χ2v) is 8.49. The third-order valence-corrected chi connectivity index (χ3v) is 4.86. The Balaban J connectivity index is 2.14. The molecule has 0 radical (unpaired) electrons. The molecular weight excluding hydrogens is 326 g/mol. The molecule has 0 bridgehead atoms. The smallest absolute Gasteiger partial charge is 0.0410 e. The standard InChI is InChI=1S/C17H28BrN3/c1-12(2)15-9-20-16(17(3,4)5)11-21(15)10-13-6-14(18)8-19-7-13/h6-8,12,15-16,20H,9-11H2,1-5H3. The largest absolute Gasteiger partial charge is 0.311 e. The van der Waals surface area contributed by atoms with Crippen molar-refractivity contribution in [2.45, 2.75) is 53.2 Å². The van der Waals surface area contributed by atoms with Crippen LogP contribution in [-0.4, -0.2) is 35.1 Å². The van der Waals surface area contributed by atoms with Crippen LogP contribution in [0.3, 0.4) is 0 Å². The number of piperazine rings is 1. The molecule has 0 aliphatic carbocycles. The second kappa shape index (κ2) is 6.76. The van der Waals surface area contributed by atoms with Crippen LogP contribution in [0.1, 0.15) is 40.2 Å². The van der Waals surface area contributed by atoms with Crippen LogP contribution in [0.2, 0.25) is 0 Å². The Bertz CT molecular complexity index is 467. The van der Waals surface area contributed by atoms with Gasteiger partial charge in [-0.25, -0.2) is 0 Å². The predicted molar refractivity (Wildman–Crippen MR) is 92.2 cm³/mol. The van der Waals surface area contributed by atoms with Gasteiger partial charge in [-0.05, 0) is 38.9 Å². The zero-order valence-electron chi connectivity index (χ0n) is 13.9. The maximum absolute atomic E-state index is 4.30. The van der Waals surface area contributed by atoms with E-state index in [9.17, 15) is 0 Å². The monoisotopic (exact) mass is 353 g/mol. The van der Waals surface area contributed by atoms with Gasteiger partial charge in [-0.3, -0.25) is 9.88 Å². The van der Waals surface area contributed by atoms with E-state index in [2.05, 4.69) is 71.8 Å². The molecule has 1 aliphatic heterocycles. The van der Waals surface area contributed by atoms with Crippen molar-refractivity contribution in [3.8, 4) is 0 Å². The van der Waals surface area contributed by atoms with E-state index in [0.29, 0.717) is 18.0 Å². The molecule has 1 saturated heterocycles. The second-order valence-electron chi connectivity index (χ2n) is 7.58. The first-order valence-corrected chi connectivity index (χ1v) is 8.63. The highest BCUT2D eigenvalue weighted by molar-refractivity contribution is 9.10. The van der Waals surface area contributed by atoms with E-state index in [1.165, 1.54) is 5.56 Å². The predicted octanol–water partition coefficient (Wildman–Crippen LogP) is 3.69. The lowest BCUT2D eigenvalue weighted by atomic mass is 9.83. The molecule has 1 aromatic rings. The summed E-state index contributed by atoms with van der Waals surface area (Å²) in [5.41, 5.74) is 1.57. The number of nitrogens with one attached hydrogen (secondary N) is 1. The summed E-state index contributed by atoms with van der Waals surface area (Å²) in [4.78, 5) is 6.92. The third kappa shape index (κ3) is 4.51. The van der Waals surface area contributed by atoms with Gasteiger partial charge in [0.25, 0.3) is 0 Å². The Morgan fingerprint density at radius 2 is 2.10 bits per heavy atom. The molecule has 118 valence electrons. The van der Waals surface area contributed by atoms with Crippen molar-refractivity contribution in [2.24, 2.45) is 11.3 Å². The van der Waals surface area contributed by atoms with Crippen molar-refractivity contribution >= 4 is 15.9 Å². The Hall–Kier alpha value is -0.450. The van der Waals surface area contributed by atoms with Crippen LogP contribution in [-0.2, 0) is 6.54 Å². The Morgan fingerprint density at radius 1 is 1.38 bits per heavy atom. The number of hydrogen-bond donors (Lipinski definition) is 1. The van der Waals surface area contributed by atoms with Crippen molar-refractivity contribution in [3.63, 3.8) is 0 Å². The van der Waals surface area contributed by atoms with Crippen LogP contribution in [0.25, 0.3) is 0 Å². The van der Waals surface area contributed by atoms with Crippen molar-refractivity contribution in [2.75, 3.05) is 13.1 Å². The molecule has 0 amide bonds. The highest BCUT2D eigenvalue weighted by Gasteiger charge is 2.35. The van der Waals surface area contributed by atoms with E-state index < -0.39 is 0 Å². The van der Waals surface area contributed by atoms with Gasteiger partial charge < -0.3 is 5.32 Å². The van der Waals surface area contributed by atoms with E-state index in [4.69, 9.17) is 0 Å². The summed E-state index contributed by atoms with van der Waals surface area (Å²) in [5.74, 6) is 0.651. The maximum Gasteiger partial charge on any atom is 0.0410 e. The molecule has 0 aromatic carbocycles. The maximum atomic E-state index is 4.30. The highest BCUT2D eigenvalue weighted by Crippen LogP contribution is 2.27. The van der Waals surface area contributed by atoms with Crippen LogP contribution in [0.15, 0.2) is 22.9 Å². The van der Waals surface area contributed by atoms with Crippen LogP contribution in [0.5, 0.6) is 0 Å². The lowest BCUT2D eigenvalue weighted by molar-refractivity contribution is 0.0571. The summed E-state index contributed by atoms with van der Waals surface area (Å²) < 4.78 is 1.06. The van der Waals surface area contributed by atoms with Gasteiger partial charge in [0.05, 0.1) is 0 Å². The van der Waals surface area contributed by atoms with E-state index in [0.717, 1.165) is 24.1 Å². The normalized spacial score (nSPS) is 24.5. The first-order chi connectivity index (χ1) is 9.77. The van der Waals surface area contributed by atoms with Gasteiger partial charge >= 0.3 is 0 Å². The van der Waals surface area contributed by atoms with Gasteiger partial charge in [-0.1, -0.05) is 34.6 Å². The van der Waals surface area contributed by atoms with Gasteiger partial charge in [0.1, 0.15) is 0 Å².